The molecule has 4 aromatic rings. The Bertz CT molecular complexity index is 1040. The average Bonchev–Trinajstić information content (AvgIpc) is 3.22. The average molecular weight is 376 g/mol. The largest absolute Gasteiger partial charge is 0.756 e. The topological polar surface area (TPSA) is 91.0 Å². The lowest BCUT2D eigenvalue weighted by molar-refractivity contribution is 0.649. The first kappa shape index (κ1) is 17.5. The first-order valence-corrected chi connectivity index (χ1v) is 9.44. The molecule has 0 saturated carbocycles. The maximum atomic E-state index is 12.8. The van der Waals surface area contributed by atoms with Crippen LogP contribution in [0.5, 0.6) is 0 Å². The first-order chi connectivity index (χ1) is 13.2. The maximum Gasteiger partial charge on any atom is 0.198 e. The van der Waals surface area contributed by atoms with Crippen molar-refractivity contribution in [2.24, 2.45) is 5.73 Å². The Morgan fingerprint density at radius 2 is 1.89 bits per heavy atom. The summed E-state index contributed by atoms with van der Waals surface area (Å²) in [5.74, 6) is 0. The van der Waals surface area contributed by atoms with Crippen LogP contribution in [0, 0.1) is 5.21 Å². The van der Waals surface area contributed by atoms with Crippen molar-refractivity contribution in [3.63, 3.8) is 0 Å². The summed E-state index contributed by atoms with van der Waals surface area (Å²) in [5, 5.41) is 25.1. The van der Waals surface area contributed by atoms with Gasteiger partial charge in [-0.3, -0.25) is 4.98 Å². The van der Waals surface area contributed by atoms with Gasteiger partial charge in [-0.25, -0.2) is 0 Å². The van der Waals surface area contributed by atoms with E-state index in [-0.39, 0.29) is 12.6 Å². The first-order valence-electron chi connectivity index (χ1n) is 8.62. The fourth-order valence-electron chi connectivity index (χ4n) is 2.94. The Labute approximate surface area is 160 Å². The van der Waals surface area contributed by atoms with Crippen LogP contribution in [0.3, 0.4) is 0 Å². The molecule has 27 heavy (non-hydrogen) atoms. The van der Waals surface area contributed by atoms with E-state index < -0.39 is 0 Å². The number of nitrogens with zero attached hydrogens (tertiary/aromatic N) is 4. The number of fused-ring (bicyclic) bond motifs is 1. The van der Waals surface area contributed by atoms with Crippen molar-refractivity contribution < 1.29 is 0 Å². The van der Waals surface area contributed by atoms with Gasteiger partial charge >= 0.3 is 0 Å². The highest BCUT2D eigenvalue weighted by molar-refractivity contribution is 7.18. The van der Waals surface area contributed by atoms with Crippen LogP contribution >= 0.6 is 11.3 Å². The third kappa shape index (κ3) is 3.80. The quantitative estimate of drug-likeness (QED) is 0.517. The fourth-order valence-corrected chi connectivity index (χ4v) is 3.76. The molecule has 0 radical (unpaired) electrons. The van der Waals surface area contributed by atoms with Crippen LogP contribution in [0.1, 0.15) is 5.56 Å². The molecule has 0 aliphatic rings. The smallest absolute Gasteiger partial charge is 0.198 e. The Hall–Kier alpha value is -2.87. The standard InChI is InChI=1S/C20H18N5OS/c21-12-18(10-14-4-2-1-3-5-14)25(26)20-24-23-19(27-20)16-6-7-17-13-22-9-8-15(17)11-16/h1-9,11,13,18H,10,12,21H2/q-1. The number of hydroxylamine groups is 1. The van der Waals surface area contributed by atoms with Gasteiger partial charge in [0, 0.05) is 35.9 Å². The molecule has 2 aromatic heterocycles. The van der Waals surface area contributed by atoms with Crippen molar-refractivity contribution in [2.75, 3.05) is 11.6 Å². The van der Waals surface area contributed by atoms with E-state index in [1.165, 1.54) is 11.3 Å². The van der Waals surface area contributed by atoms with E-state index in [2.05, 4.69) is 15.2 Å². The lowest BCUT2D eigenvalue weighted by Crippen LogP contribution is -2.38. The van der Waals surface area contributed by atoms with Crippen molar-refractivity contribution in [2.45, 2.75) is 12.5 Å². The van der Waals surface area contributed by atoms with Gasteiger partial charge in [0.1, 0.15) is 5.01 Å². The van der Waals surface area contributed by atoms with Crippen molar-refractivity contribution in [1.29, 1.82) is 0 Å². The molecule has 1 atom stereocenters. The maximum absolute atomic E-state index is 12.8. The monoisotopic (exact) mass is 376 g/mol. The van der Waals surface area contributed by atoms with Gasteiger partial charge in [-0.15, -0.1) is 10.2 Å². The van der Waals surface area contributed by atoms with Crippen LogP contribution in [0.2, 0.25) is 0 Å². The normalized spacial score (nSPS) is 12.2. The van der Waals surface area contributed by atoms with Gasteiger partial charge in [0.05, 0.1) is 0 Å². The van der Waals surface area contributed by atoms with Crippen molar-refractivity contribution in [1.82, 2.24) is 15.2 Å². The minimum Gasteiger partial charge on any atom is -0.756 e. The zero-order chi connectivity index (χ0) is 18.6. The molecule has 0 aliphatic heterocycles. The minimum atomic E-state index is -0.379. The summed E-state index contributed by atoms with van der Waals surface area (Å²) in [7, 11) is 0. The molecular weight excluding hydrogens is 358 g/mol. The molecule has 2 aromatic carbocycles. The SMILES string of the molecule is NCC(Cc1ccccc1)N([O-])c1nnc(-c2ccc3cnccc3c2)s1. The molecule has 2 N–H and O–H groups in total. The Kier molecular flexibility index (Phi) is 5.06. The summed E-state index contributed by atoms with van der Waals surface area (Å²) in [6, 6.07) is 17.4. The third-order valence-corrected chi connectivity index (χ3v) is 5.36. The molecule has 0 amide bonds. The molecule has 2 heterocycles. The van der Waals surface area contributed by atoms with E-state index in [4.69, 9.17) is 5.73 Å². The zero-order valence-corrected chi connectivity index (χ0v) is 15.3. The second-order valence-electron chi connectivity index (χ2n) is 6.23. The predicted molar refractivity (Wildman–Crippen MR) is 109 cm³/mol. The van der Waals surface area contributed by atoms with E-state index in [1.807, 2.05) is 60.8 Å². The summed E-state index contributed by atoms with van der Waals surface area (Å²) in [4.78, 5) is 4.12. The second kappa shape index (κ2) is 7.79. The molecule has 0 aliphatic carbocycles. The Balaban J connectivity index is 1.56. The van der Waals surface area contributed by atoms with Gasteiger partial charge in [-0.2, -0.15) is 0 Å². The molecule has 136 valence electrons. The molecule has 4 rings (SSSR count). The van der Waals surface area contributed by atoms with Gasteiger partial charge in [0.25, 0.3) is 0 Å². The number of rotatable bonds is 6. The molecule has 0 saturated heterocycles. The number of hydrogen-bond acceptors (Lipinski definition) is 7. The molecule has 6 nitrogen and oxygen atoms in total. The predicted octanol–water partition coefficient (Wildman–Crippen LogP) is 3.63. The van der Waals surface area contributed by atoms with Gasteiger partial charge < -0.3 is 16.0 Å². The van der Waals surface area contributed by atoms with Gasteiger partial charge in [-0.05, 0) is 29.5 Å². The van der Waals surface area contributed by atoms with E-state index in [1.54, 1.807) is 6.20 Å². The van der Waals surface area contributed by atoms with E-state index in [0.717, 1.165) is 27.0 Å². The zero-order valence-electron chi connectivity index (χ0n) is 14.5. The fraction of sp³-hybridized carbons (Fsp3) is 0.150. The number of hydrogen-bond donors (Lipinski definition) is 1. The van der Waals surface area contributed by atoms with Crippen LogP contribution < -0.4 is 10.8 Å². The number of benzene rings is 2. The summed E-state index contributed by atoms with van der Waals surface area (Å²) in [5.41, 5.74) is 7.85. The molecule has 0 bridgehead atoms. The highest BCUT2D eigenvalue weighted by Crippen LogP contribution is 2.31. The number of pyridine rings is 1. The Morgan fingerprint density at radius 1 is 1.04 bits per heavy atom. The number of aromatic nitrogens is 3. The number of nitrogens with two attached hydrogens (primary N) is 1. The van der Waals surface area contributed by atoms with Gasteiger partial charge in [0.2, 0.25) is 0 Å². The molecule has 0 fully saturated rings. The van der Waals surface area contributed by atoms with E-state index in [9.17, 15) is 5.21 Å². The van der Waals surface area contributed by atoms with Crippen LogP contribution in [-0.2, 0) is 6.42 Å². The van der Waals surface area contributed by atoms with E-state index in [0.29, 0.717) is 16.6 Å². The van der Waals surface area contributed by atoms with Crippen LogP contribution in [-0.4, -0.2) is 27.8 Å². The van der Waals surface area contributed by atoms with Gasteiger partial charge in [-0.1, -0.05) is 53.8 Å². The van der Waals surface area contributed by atoms with Crippen LogP contribution in [0.4, 0.5) is 5.13 Å². The molecule has 0 spiro atoms. The Morgan fingerprint density at radius 3 is 2.70 bits per heavy atom. The third-order valence-electron chi connectivity index (χ3n) is 4.41. The lowest BCUT2D eigenvalue weighted by atomic mass is 10.1. The lowest BCUT2D eigenvalue weighted by Gasteiger charge is -2.35. The van der Waals surface area contributed by atoms with E-state index >= 15 is 0 Å². The van der Waals surface area contributed by atoms with Crippen LogP contribution in [0.15, 0.2) is 67.0 Å². The summed E-state index contributed by atoms with van der Waals surface area (Å²) < 4.78 is 0. The molecule has 1 unspecified atom stereocenters. The summed E-state index contributed by atoms with van der Waals surface area (Å²) in [6.45, 7) is 0.246. The summed E-state index contributed by atoms with van der Waals surface area (Å²) >= 11 is 1.28. The summed E-state index contributed by atoms with van der Waals surface area (Å²) in [6.07, 6.45) is 4.14. The number of anilines is 1. The van der Waals surface area contributed by atoms with Crippen molar-refractivity contribution in [3.8, 4) is 10.6 Å². The highest BCUT2D eigenvalue weighted by atomic mass is 32.1. The van der Waals surface area contributed by atoms with Crippen molar-refractivity contribution >= 4 is 27.2 Å². The second-order valence-corrected chi connectivity index (χ2v) is 7.19. The van der Waals surface area contributed by atoms with Crippen molar-refractivity contribution in [3.05, 3.63) is 77.8 Å². The molecular formula is C20H18N5OS-. The van der Waals surface area contributed by atoms with Gasteiger partial charge in [0.15, 0.2) is 5.13 Å². The van der Waals surface area contributed by atoms with Crippen LogP contribution in [0.25, 0.3) is 21.3 Å². The molecule has 7 heteroatoms. The highest BCUT2D eigenvalue weighted by Gasteiger charge is 2.15. The minimum absolute atomic E-state index is 0.246.